The molecule has 1 aromatic rings. The summed E-state index contributed by atoms with van der Waals surface area (Å²) in [5.74, 6) is 1.11. The molecule has 1 N–H and O–H groups in total. The average molecular weight is 319 g/mol. The highest BCUT2D eigenvalue weighted by atomic mass is 79.9. The largest absolute Gasteiger partial charge is 0.359 e. The van der Waals surface area contributed by atoms with Crippen molar-refractivity contribution < 1.29 is 0 Å². The van der Waals surface area contributed by atoms with Crippen LogP contribution >= 0.6 is 39.0 Å². The van der Waals surface area contributed by atoms with E-state index in [-0.39, 0.29) is 5.54 Å². The quantitative estimate of drug-likeness (QED) is 0.922. The first kappa shape index (κ1) is 12.5. The van der Waals surface area contributed by atoms with E-state index >= 15 is 0 Å². The lowest BCUT2D eigenvalue weighted by Gasteiger charge is -2.15. The monoisotopic (exact) mass is 318 g/mol. The first-order valence-corrected chi connectivity index (χ1v) is 7.84. The van der Waals surface area contributed by atoms with Crippen LogP contribution in [-0.2, 0) is 6.42 Å². The molecule has 0 bridgehead atoms. The van der Waals surface area contributed by atoms with Gasteiger partial charge in [-0.2, -0.15) is 0 Å². The second-order valence-electron chi connectivity index (χ2n) is 4.44. The molecule has 1 fully saturated rings. The molecular weight excluding hydrogens is 304 g/mol. The Kier molecular flexibility index (Phi) is 3.97. The number of hydrogen-bond acceptors (Lipinski definition) is 3. The lowest BCUT2D eigenvalue weighted by atomic mass is 10.1. The van der Waals surface area contributed by atoms with E-state index in [4.69, 9.17) is 0 Å². The smallest absolute Gasteiger partial charge is 0.157 e. The Labute approximate surface area is 113 Å². The van der Waals surface area contributed by atoms with Crippen LogP contribution in [0.4, 0.5) is 0 Å². The third kappa shape index (κ3) is 3.50. The lowest BCUT2D eigenvalue weighted by molar-refractivity contribution is 0.536. The number of nitrogens with zero attached hydrogens (tertiary/aromatic N) is 1. The van der Waals surface area contributed by atoms with Gasteiger partial charge in [0.05, 0.1) is 3.79 Å². The molecule has 0 aliphatic carbocycles. The van der Waals surface area contributed by atoms with Crippen LogP contribution in [-0.4, -0.2) is 23.0 Å². The molecule has 1 saturated heterocycles. The lowest BCUT2D eigenvalue weighted by Crippen LogP contribution is -2.36. The SMILES string of the molecule is CC1(C)CSC(=NCCc2ccc(Br)s2)N1. The van der Waals surface area contributed by atoms with Crippen LogP contribution < -0.4 is 5.32 Å². The zero-order valence-corrected chi connectivity index (χ0v) is 12.6. The third-order valence-electron chi connectivity index (χ3n) is 2.26. The molecule has 1 aliphatic rings. The summed E-state index contributed by atoms with van der Waals surface area (Å²) in [6.07, 6.45) is 1.03. The molecule has 1 aliphatic heterocycles. The summed E-state index contributed by atoms with van der Waals surface area (Å²) in [6, 6.07) is 4.26. The summed E-state index contributed by atoms with van der Waals surface area (Å²) in [5.41, 5.74) is 0.204. The number of thioether (sulfide) groups is 1. The maximum Gasteiger partial charge on any atom is 0.157 e. The van der Waals surface area contributed by atoms with E-state index in [0.717, 1.165) is 23.9 Å². The molecule has 1 aromatic heterocycles. The fourth-order valence-corrected chi connectivity index (χ4v) is 4.02. The fraction of sp³-hybridized carbons (Fsp3) is 0.545. The molecule has 0 atom stereocenters. The van der Waals surface area contributed by atoms with Crippen LogP contribution in [0.1, 0.15) is 18.7 Å². The van der Waals surface area contributed by atoms with Gasteiger partial charge in [-0.1, -0.05) is 11.8 Å². The fourth-order valence-electron chi connectivity index (χ4n) is 1.45. The van der Waals surface area contributed by atoms with E-state index in [2.05, 4.69) is 52.2 Å². The molecule has 16 heavy (non-hydrogen) atoms. The molecular formula is C11H15BrN2S2. The van der Waals surface area contributed by atoms with E-state index in [0.29, 0.717) is 0 Å². The third-order valence-corrected chi connectivity index (χ3v) is 5.31. The molecule has 88 valence electrons. The number of thiophene rings is 1. The van der Waals surface area contributed by atoms with Gasteiger partial charge in [0, 0.05) is 29.1 Å². The van der Waals surface area contributed by atoms with E-state index in [1.54, 1.807) is 11.3 Å². The Morgan fingerprint density at radius 2 is 2.31 bits per heavy atom. The van der Waals surface area contributed by atoms with Gasteiger partial charge in [-0.3, -0.25) is 4.99 Å². The van der Waals surface area contributed by atoms with Gasteiger partial charge in [0.1, 0.15) is 0 Å². The van der Waals surface area contributed by atoms with Crippen molar-refractivity contribution in [2.45, 2.75) is 25.8 Å². The van der Waals surface area contributed by atoms with Crippen molar-refractivity contribution in [2.75, 3.05) is 12.3 Å². The molecule has 2 heterocycles. The topological polar surface area (TPSA) is 24.4 Å². The van der Waals surface area contributed by atoms with Gasteiger partial charge in [-0.05, 0) is 41.9 Å². The second-order valence-corrected chi connectivity index (χ2v) is 7.95. The zero-order chi connectivity index (χ0) is 11.6. The molecule has 2 nitrogen and oxygen atoms in total. The molecule has 0 unspecified atom stereocenters. The Hall–Kier alpha value is -0.0000000000000000278. The average Bonchev–Trinajstić information content (AvgIpc) is 2.73. The predicted molar refractivity (Wildman–Crippen MR) is 77.7 cm³/mol. The van der Waals surface area contributed by atoms with Gasteiger partial charge >= 0.3 is 0 Å². The first-order valence-electron chi connectivity index (χ1n) is 5.25. The molecule has 0 amide bonds. The molecule has 5 heteroatoms. The van der Waals surface area contributed by atoms with Crippen LogP contribution in [0.15, 0.2) is 20.9 Å². The van der Waals surface area contributed by atoms with Crippen molar-refractivity contribution in [1.29, 1.82) is 0 Å². The molecule has 0 aromatic carbocycles. The van der Waals surface area contributed by atoms with Gasteiger partial charge in [-0.15, -0.1) is 11.3 Å². The number of nitrogens with one attached hydrogen (secondary N) is 1. The molecule has 0 radical (unpaired) electrons. The zero-order valence-electron chi connectivity index (χ0n) is 9.42. The van der Waals surface area contributed by atoms with Crippen LogP contribution in [0.25, 0.3) is 0 Å². The first-order chi connectivity index (χ1) is 7.55. The van der Waals surface area contributed by atoms with Gasteiger partial charge in [0.2, 0.25) is 0 Å². The van der Waals surface area contributed by atoms with Crippen molar-refractivity contribution in [3.8, 4) is 0 Å². The Morgan fingerprint density at radius 3 is 2.88 bits per heavy atom. The Balaban J connectivity index is 1.82. The van der Waals surface area contributed by atoms with Crippen molar-refractivity contribution in [3.05, 3.63) is 20.8 Å². The highest BCUT2D eigenvalue weighted by Crippen LogP contribution is 2.24. The number of rotatable bonds is 3. The summed E-state index contributed by atoms with van der Waals surface area (Å²) in [5, 5.41) is 4.53. The minimum atomic E-state index is 0.204. The predicted octanol–water partition coefficient (Wildman–Crippen LogP) is 3.52. The number of halogens is 1. The highest BCUT2D eigenvalue weighted by Gasteiger charge is 2.26. The van der Waals surface area contributed by atoms with Crippen molar-refractivity contribution >= 4 is 44.2 Å². The minimum absolute atomic E-state index is 0.204. The normalized spacial score (nSPS) is 21.3. The summed E-state index contributed by atoms with van der Waals surface area (Å²) < 4.78 is 1.20. The molecule has 2 rings (SSSR count). The van der Waals surface area contributed by atoms with Crippen LogP contribution in [0.3, 0.4) is 0 Å². The number of amidine groups is 1. The van der Waals surface area contributed by atoms with E-state index in [1.807, 2.05) is 11.8 Å². The van der Waals surface area contributed by atoms with Gasteiger partial charge < -0.3 is 5.32 Å². The van der Waals surface area contributed by atoms with E-state index in [1.165, 1.54) is 8.66 Å². The maximum absolute atomic E-state index is 4.58. The standard InChI is InChI=1S/C11H15BrN2S2/c1-11(2)7-15-10(14-11)13-6-5-8-3-4-9(12)16-8/h3-4H,5-7H2,1-2H3,(H,13,14). The summed E-state index contributed by atoms with van der Waals surface area (Å²) in [4.78, 5) is 5.97. The van der Waals surface area contributed by atoms with Crippen molar-refractivity contribution in [3.63, 3.8) is 0 Å². The van der Waals surface area contributed by atoms with Gasteiger partial charge in [0.25, 0.3) is 0 Å². The van der Waals surface area contributed by atoms with Crippen molar-refractivity contribution in [1.82, 2.24) is 5.32 Å². The van der Waals surface area contributed by atoms with Crippen LogP contribution in [0, 0.1) is 0 Å². The number of hydrogen-bond donors (Lipinski definition) is 1. The highest BCUT2D eigenvalue weighted by molar-refractivity contribution is 9.11. The minimum Gasteiger partial charge on any atom is -0.359 e. The Morgan fingerprint density at radius 1 is 1.50 bits per heavy atom. The summed E-state index contributed by atoms with van der Waals surface area (Å²) in [6.45, 7) is 5.29. The van der Waals surface area contributed by atoms with E-state index < -0.39 is 0 Å². The molecule has 0 spiro atoms. The Bertz CT molecular complexity index is 398. The molecule has 0 saturated carbocycles. The van der Waals surface area contributed by atoms with Crippen molar-refractivity contribution in [2.24, 2.45) is 4.99 Å². The van der Waals surface area contributed by atoms with Crippen LogP contribution in [0.2, 0.25) is 0 Å². The maximum atomic E-state index is 4.58. The van der Waals surface area contributed by atoms with Gasteiger partial charge in [0.15, 0.2) is 5.17 Å². The summed E-state index contributed by atoms with van der Waals surface area (Å²) >= 11 is 7.08. The van der Waals surface area contributed by atoms with Gasteiger partial charge in [-0.25, -0.2) is 0 Å². The second kappa shape index (κ2) is 5.10. The van der Waals surface area contributed by atoms with E-state index in [9.17, 15) is 0 Å². The van der Waals surface area contributed by atoms with Crippen LogP contribution in [0.5, 0.6) is 0 Å². The number of aliphatic imine (C=N–C) groups is 1. The summed E-state index contributed by atoms with van der Waals surface area (Å²) in [7, 11) is 0.